The SMILES string of the molecule is Cn1c2ccccc2c(=O)n1[C@@H]1c2cc(OC(F)(F)F)ccc2OC(C)(C)[C@H]1O. The van der Waals surface area contributed by atoms with Crippen LogP contribution >= 0.6 is 0 Å². The second kappa shape index (κ2) is 6.28. The molecule has 1 aromatic heterocycles. The van der Waals surface area contributed by atoms with Crippen LogP contribution in [0.5, 0.6) is 11.5 Å². The summed E-state index contributed by atoms with van der Waals surface area (Å²) in [5.74, 6) is -0.180. The smallest absolute Gasteiger partial charge is 0.485 e. The van der Waals surface area contributed by atoms with Crippen LogP contribution in [0.1, 0.15) is 25.5 Å². The van der Waals surface area contributed by atoms with Gasteiger partial charge in [0.05, 0.1) is 10.9 Å². The summed E-state index contributed by atoms with van der Waals surface area (Å²) in [6, 6.07) is 9.59. The molecule has 0 saturated carbocycles. The molecule has 1 aliphatic heterocycles. The molecule has 0 spiro atoms. The molecular formula is C20H19F3N2O4. The summed E-state index contributed by atoms with van der Waals surface area (Å²) < 4.78 is 50.9. The Kier molecular flexibility index (Phi) is 4.20. The van der Waals surface area contributed by atoms with E-state index >= 15 is 0 Å². The third kappa shape index (κ3) is 3.15. The molecule has 0 saturated heterocycles. The first kappa shape index (κ1) is 19.4. The number of alkyl halides is 3. The minimum absolute atomic E-state index is 0.228. The van der Waals surface area contributed by atoms with E-state index in [1.807, 2.05) is 0 Å². The van der Waals surface area contributed by atoms with E-state index in [1.165, 1.54) is 10.7 Å². The largest absolute Gasteiger partial charge is 0.573 e. The highest BCUT2D eigenvalue weighted by molar-refractivity contribution is 5.78. The lowest BCUT2D eigenvalue weighted by atomic mass is 9.86. The monoisotopic (exact) mass is 408 g/mol. The molecule has 1 N–H and O–H groups in total. The first-order valence-corrected chi connectivity index (χ1v) is 8.92. The molecule has 0 fully saturated rings. The Labute approximate surface area is 163 Å². The molecule has 0 bridgehead atoms. The maximum atomic E-state index is 13.1. The molecule has 2 aromatic carbocycles. The Morgan fingerprint density at radius 3 is 2.52 bits per heavy atom. The molecule has 29 heavy (non-hydrogen) atoms. The number of ether oxygens (including phenoxy) is 2. The maximum absolute atomic E-state index is 13.1. The normalized spacial score (nSPS) is 20.9. The zero-order valence-corrected chi connectivity index (χ0v) is 15.9. The molecule has 0 radical (unpaired) electrons. The lowest BCUT2D eigenvalue weighted by Crippen LogP contribution is -2.52. The van der Waals surface area contributed by atoms with Gasteiger partial charge in [-0.25, -0.2) is 4.68 Å². The van der Waals surface area contributed by atoms with E-state index in [-0.39, 0.29) is 16.9 Å². The molecule has 0 unspecified atom stereocenters. The second-order valence-electron chi connectivity index (χ2n) is 7.53. The van der Waals surface area contributed by atoms with E-state index in [2.05, 4.69) is 4.74 Å². The Morgan fingerprint density at radius 2 is 1.86 bits per heavy atom. The van der Waals surface area contributed by atoms with Gasteiger partial charge in [0.25, 0.3) is 5.56 Å². The standard InChI is InChI=1S/C20H19F3N2O4/c1-19(2)17(26)16(25-18(27)12-6-4-5-7-14(12)24(25)3)13-10-11(28-20(21,22)23)8-9-15(13)29-19/h4-10,16-17,26H,1-3H3/t16-,17+/m1/s1. The van der Waals surface area contributed by atoms with Crippen molar-refractivity contribution in [3.63, 3.8) is 0 Å². The number of aliphatic hydroxyl groups is 1. The lowest BCUT2D eigenvalue weighted by molar-refractivity contribution is -0.274. The van der Waals surface area contributed by atoms with Crippen LogP contribution in [0.4, 0.5) is 13.2 Å². The van der Waals surface area contributed by atoms with Crippen LogP contribution in [-0.2, 0) is 7.05 Å². The van der Waals surface area contributed by atoms with Crippen molar-refractivity contribution < 1.29 is 27.8 Å². The first-order chi connectivity index (χ1) is 13.5. The Bertz CT molecular complexity index is 1150. The average molecular weight is 408 g/mol. The van der Waals surface area contributed by atoms with Crippen LogP contribution < -0.4 is 15.0 Å². The van der Waals surface area contributed by atoms with Crippen molar-refractivity contribution in [3.05, 3.63) is 58.4 Å². The van der Waals surface area contributed by atoms with Crippen molar-refractivity contribution in [1.29, 1.82) is 0 Å². The van der Waals surface area contributed by atoms with Crippen molar-refractivity contribution in [3.8, 4) is 11.5 Å². The van der Waals surface area contributed by atoms with E-state index in [4.69, 9.17) is 4.74 Å². The number of nitrogens with zero attached hydrogens (tertiary/aromatic N) is 2. The van der Waals surface area contributed by atoms with E-state index in [9.17, 15) is 23.1 Å². The molecular weight excluding hydrogens is 389 g/mol. The number of halogens is 3. The summed E-state index contributed by atoms with van der Waals surface area (Å²) in [4.78, 5) is 13.1. The van der Waals surface area contributed by atoms with Crippen LogP contribution in [-0.4, -0.2) is 32.5 Å². The summed E-state index contributed by atoms with van der Waals surface area (Å²) >= 11 is 0. The van der Waals surface area contributed by atoms with Crippen LogP contribution in [0, 0.1) is 0 Å². The predicted molar refractivity (Wildman–Crippen MR) is 99.2 cm³/mol. The second-order valence-corrected chi connectivity index (χ2v) is 7.53. The summed E-state index contributed by atoms with van der Waals surface area (Å²) in [6.45, 7) is 3.31. The van der Waals surface area contributed by atoms with E-state index in [0.29, 0.717) is 10.9 Å². The van der Waals surface area contributed by atoms with Gasteiger partial charge in [-0.2, -0.15) is 0 Å². The number of rotatable bonds is 2. The van der Waals surface area contributed by atoms with Crippen molar-refractivity contribution in [2.45, 2.75) is 38.0 Å². The Hall–Kier alpha value is -2.94. The number of fused-ring (bicyclic) bond motifs is 2. The molecule has 4 rings (SSSR count). The number of aliphatic hydroxyl groups excluding tert-OH is 1. The zero-order chi connectivity index (χ0) is 21.1. The highest BCUT2D eigenvalue weighted by atomic mass is 19.4. The molecule has 6 nitrogen and oxygen atoms in total. The summed E-state index contributed by atoms with van der Waals surface area (Å²) in [5, 5.41) is 11.5. The van der Waals surface area contributed by atoms with Gasteiger partial charge in [0, 0.05) is 12.6 Å². The van der Waals surface area contributed by atoms with Crippen molar-refractivity contribution in [1.82, 2.24) is 9.36 Å². The molecule has 154 valence electrons. The van der Waals surface area contributed by atoms with Crippen molar-refractivity contribution >= 4 is 10.9 Å². The Morgan fingerprint density at radius 1 is 1.17 bits per heavy atom. The van der Waals surface area contributed by atoms with Crippen LogP contribution in [0.15, 0.2) is 47.3 Å². The van der Waals surface area contributed by atoms with Gasteiger partial charge in [-0.15, -0.1) is 13.2 Å². The fourth-order valence-corrected chi connectivity index (χ4v) is 3.83. The number of hydrogen-bond acceptors (Lipinski definition) is 4. The van der Waals surface area contributed by atoms with Gasteiger partial charge < -0.3 is 14.6 Å². The average Bonchev–Trinajstić information content (AvgIpc) is 2.87. The number of aryl methyl sites for hydroxylation is 1. The van der Waals surface area contributed by atoms with Gasteiger partial charge in [-0.3, -0.25) is 9.48 Å². The molecule has 0 aliphatic carbocycles. The summed E-state index contributed by atoms with van der Waals surface area (Å²) in [5.41, 5.74) is -0.581. The summed E-state index contributed by atoms with van der Waals surface area (Å²) in [6.07, 6.45) is -6.08. The van der Waals surface area contributed by atoms with Gasteiger partial charge in [-0.1, -0.05) is 12.1 Å². The van der Waals surface area contributed by atoms with Gasteiger partial charge in [0.15, 0.2) is 0 Å². The fraction of sp³-hybridized carbons (Fsp3) is 0.350. The van der Waals surface area contributed by atoms with Crippen LogP contribution in [0.25, 0.3) is 10.9 Å². The molecule has 2 heterocycles. The van der Waals surface area contributed by atoms with E-state index in [1.54, 1.807) is 49.8 Å². The lowest BCUT2D eigenvalue weighted by Gasteiger charge is -2.42. The number of aromatic nitrogens is 2. The molecule has 1 aliphatic rings. The van der Waals surface area contributed by atoms with Crippen LogP contribution in [0.3, 0.4) is 0 Å². The summed E-state index contributed by atoms with van der Waals surface area (Å²) in [7, 11) is 1.66. The van der Waals surface area contributed by atoms with Crippen LogP contribution in [0.2, 0.25) is 0 Å². The number of para-hydroxylation sites is 1. The first-order valence-electron chi connectivity index (χ1n) is 8.92. The highest BCUT2D eigenvalue weighted by Crippen LogP contribution is 2.43. The third-order valence-corrected chi connectivity index (χ3v) is 5.20. The molecule has 9 heteroatoms. The van der Waals surface area contributed by atoms with Crippen molar-refractivity contribution in [2.24, 2.45) is 7.05 Å². The predicted octanol–water partition coefficient (Wildman–Crippen LogP) is 3.36. The van der Waals surface area contributed by atoms with E-state index in [0.717, 1.165) is 12.1 Å². The minimum atomic E-state index is -4.87. The number of hydrogen-bond donors (Lipinski definition) is 1. The quantitative estimate of drug-likeness (QED) is 0.706. The van der Waals surface area contributed by atoms with E-state index < -0.39 is 29.9 Å². The van der Waals surface area contributed by atoms with Gasteiger partial charge in [0.1, 0.15) is 29.2 Å². The van der Waals surface area contributed by atoms with Gasteiger partial charge in [-0.05, 0) is 44.2 Å². The number of benzene rings is 2. The Balaban J connectivity index is 1.96. The molecule has 3 aromatic rings. The minimum Gasteiger partial charge on any atom is -0.485 e. The topological polar surface area (TPSA) is 65.6 Å². The van der Waals surface area contributed by atoms with Gasteiger partial charge in [0.2, 0.25) is 0 Å². The maximum Gasteiger partial charge on any atom is 0.573 e. The fourth-order valence-electron chi connectivity index (χ4n) is 3.83. The highest BCUT2D eigenvalue weighted by Gasteiger charge is 2.46. The zero-order valence-electron chi connectivity index (χ0n) is 15.9. The van der Waals surface area contributed by atoms with Crippen molar-refractivity contribution in [2.75, 3.05) is 0 Å². The third-order valence-electron chi connectivity index (χ3n) is 5.20. The molecule has 2 atom stereocenters. The van der Waals surface area contributed by atoms with Gasteiger partial charge >= 0.3 is 6.36 Å². The molecule has 0 amide bonds.